The molecule has 1 unspecified atom stereocenters. The summed E-state index contributed by atoms with van der Waals surface area (Å²) in [6.07, 6.45) is -4.46. The van der Waals surface area contributed by atoms with Crippen LogP contribution in [0.1, 0.15) is 41.5 Å². The SMILES string of the molecule is C.CC(C)N(C(C)C)P(C)OCCCNC(=O)C(F)(F)F. The first-order valence-electron chi connectivity index (χ1n) is 6.57. The highest BCUT2D eigenvalue weighted by atomic mass is 31.2. The summed E-state index contributed by atoms with van der Waals surface area (Å²) in [7, 11) is -0.779. The van der Waals surface area contributed by atoms with Gasteiger partial charge in [0.2, 0.25) is 0 Å². The van der Waals surface area contributed by atoms with Gasteiger partial charge < -0.3 is 9.84 Å². The van der Waals surface area contributed by atoms with Gasteiger partial charge in [0, 0.05) is 18.6 Å². The van der Waals surface area contributed by atoms with Gasteiger partial charge in [0.1, 0.15) is 8.30 Å². The predicted molar refractivity (Wildman–Crippen MR) is 81.3 cm³/mol. The van der Waals surface area contributed by atoms with Crippen LogP contribution in [0.5, 0.6) is 0 Å². The number of nitrogens with one attached hydrogen (secondary N) is 1. The Labute approximate surface area is 127 Å². The van der Waals surface area contributed by atoms with Crippen molar-refractivity contribution >= 4 is 14.2 Å². The first kappa shape index (κ1) is 22.9. The highest BCUT2D eigenvalue weighted by molar-refractivity contribution is 7.49. The van der Waals surface area contributed by atoms with Crippen LogP contribution in [0.25, 0.3) is 0 Å². The molecule has 0 saturated carbocycles. The molecule has 0 aliphatic rings. The smallest absolute Gasteiger partial charge is 0.348 e. The Kier molecular flexibility index (Phi) is 11.3. The molecule has 0 heterocycles. The van der Waals surface area contributed by atoms with E-state index in [0.29, 0.717) is 25.1 Å². The fourth-order valence-electron chi connectivity index (χ4n) is 1.88. The maximum Gasteiger partial charge on any atom is 0.471 e. The Hall–Kier alpha value is -0.390. The second-order valence-electron chi connectivity index (χ2n) is 4.97. The normalized spacial score (nSPS) is 13.5. The Morgan fingerprint density at radius 1 is 1.24 bits per heavy atom. The molecule has 128 valence electrons. The van der Waals surface area contributed by atoms with E-state index in [0.717, 1.165) is 0 Å². The van der Waals surface area contributed by atoms with Crippen LogP contribution in [0, 0.1) is 0 Å². The zero-order chi connectivity index (χ0) is 15.9. The second-order valence-corrected chi connectivity index (χ2v) is 6.62. The van der Waals surface area contributed by atoms with Crippen molar-refractivity contribution in [2.24, 2.45) is 0 Å². The summed E-state index contributed by atoms with van der Waals surface area (Å²) in [5.41, 5.74) is 0. The molecule has 0 spiro atoms. The number of alkyl halides is 3. The Morgan fingerprint density at radius 3 is 2.10 bits per heavy atom. The van der Waals surface area contributed by atoms with E-state index in [1.807, 2.05) is 12.0 Å². The lowest BCUT2D eigenvalue weighted by molar-refractivity contribution is -0.173. The summed E-state index contributed by atoms with van der Waals surface area (Å²) >= 11 is 0. The molecule has 0 rings (SSSR count). The minimum atomic E-state index is -4.82. The molecule has 0 aromatic carbocycles. The maximum atomic E-state index is 11.9. The quantitative estimate of drug-likeness (QED) is 0.543. The van der Waals surface area contributed by atoms with Crippen molar-refractivity contribution in [3.8, 4) is 0 Å². The van der Waals surface area contributed by atoms with Crippen molar-refractivity contribution in [1.29, 1.82) is 0 Å². The maximum absolute atomic E-state index is 11.9. The lowest BCUT2D eigenvalue weighted by Crippen LogP contribution is -2.37. The van der Waals surface area contributed by atoms with Crippen LogP contribution in [0.2, 0.25) is 0 Å². The molecular formula is C13H28F3N2O2P. The van der Waals surface area contributed by atoms with E-state index >= 15 is 0 Å². The molecule has 8 heteroatoms. The third kappa shape index (κ3) is 9.27. The van der Waals surface area contributed by atoms with Crippen molar-refractivity contribution in [1.82, 2.24) is 9.99 Å². The first-order chi connectivity index (χ1) is 9.07. The molecule has 0 aliphatic heterocycles. The van der Waals surface area contributed by atoms with Crippen molar-refractivity contribution < 1.29 is 22.5 Å². The minimum Gasteiger partial charge on any atom is -0.348 e. The number of amides is 1. The number of carbonyl (C=O) groups excluding carboxylic acids is 1. The number of carbonyl (C=O) groups is 1. The average Bonchev–Trinajstić information content (AvgIpc) is 2.25. The highest BCUT2D eigenvalue weighted by Crippen LogP contribution is 2.40. The molecule has 0 aromatic heterocycles. The van der Waals surface area contributed by atoms with Gasteiger partial charge in [-0.05, 0) is 40.8 Å². The monoisotopic (exact) mass is 332 g/mol. The summed E-state index contributed by atoms with van der Waals surface area (Å²) in [4.78, 5) is 10.6. The van der Waals surface area contributed by atoms with Gasteiger partial charge in [0.15, 0.2) is 0 Å². The van der Waals surface area contributed by atoms with Gasteiger partial charge in [-0.15, -0.1) is 0 Å². The van der Waals surface area contributed by atoms with E-state index in [9.17, 15) is 18.0 Å². The van der Waals surface area contributed by atoms with Crippen molar-refractivity contribution in [3.63, 3.8) is 0 Å². The van der Waals surface area contributed by atoms with Crippen molar-refractivity contribution in [2.75, 3.05) is 19.8 Å². The summed E-state index contributed by atoms with van der Waals surface area (Å²) in [5.74, 6) is -1.90. The highest BCUT2D eigenvalue weighted by Gasteiger charge is 2.38. The molecule has 0 radical (unpaired) electrons. The van der Waals surface area contributed by atoms with Crippen molar-refractivity contribution in [2.45, 2.75) is 59.8 Å². The summed E-state index contributed by atoms with van der Waals surface area (Å²) in [6, 6.07) is 0.687. The van der Waals surface area contributed by atoms with Crippen LogP contribution in [-0.2, 0) is 9.32 Å². The number of halogens is 3. The Morgan fingerprint density at radius 2 is 1.71 bits per heavy atom. The second kappa shape index (κ2) is 10.4. The molecule has 1 amide bonds. The van der Waals surface area contributed by atoms with Gasteiger partial charge >= 0.3 is 12.1 Å². The van der Waals surface area contributed by atoms with Gasteiger partial charge in [0.05, 0.1) is 6.61 Å². The fourth-order valence-corrected chi connectivity index (χ4v) is 3.71. The van der Waals surface area contributed by atoms with Crippen LogP contribution in [0.15, 0.2) is 0 Å². The van der Waals surface area contributed by atoms with Gasteiger partial charge in [-0.25, -0.2) is 0 Å². The number of hydrogen-bond donors (Lipinski definition) is 1. The molecule has 0 saturated heterocycles. The van der Waals surface area contributed by atoms with Crippen LogP contribution in [0.4, 0.5) is 13.2 Å². The predicted octanol–water partition coefficient (Wildman–Crippen LogP) is 3.77. The molecule has 21 heavy (non-hydrogen) atoms. The van der Waals surface area contributed by atoms with Crippen LogP contribution in [0.3, 0.4) is 0 Å². The molecule has 0 bridgehead atoms. The molecular weight excluding hydrogens is 304 g/mol. The Bertz CT molecular complexity index is 292. The zero-order valence-electron chi connectivity index (χ0n) is 12.6. The lowest BCUT2D eigenvalue weighted by Gasteiger charge is -2.35. The van der Waals surface area contributed by atoms with E-state index in [4.69, 9.17) is 4.52 Å². The van der Waals surface area contributed by atoms with E-state index in [-0.39, 0.29) is 14.0 Å². The minimum absolute atomic E-state index is 0. The summed E-state index contributed by atoms with van der Waals surface area (Å²) in [5, 5.41) is 1.82. The lowest BCUT2D eigenvalue weighted by atomic mass is 10.3. The van der Waals surface area contributed by atoms with Crippen molar-refractivity contribution in [3.05, 3.63) is 0 Å². The number of hydrogen-bond acceptors (Lipinski definition) is 3. The van der Waals surface area contributed by atoms with Gasteiger partial charge in [-0.2, -0.15) is 13.2 Å². The molecule has 0 aliphatic carbocycles. The first-order valence-corrected chi connectivity index (χ1v) is 8.23. The summed E-state index contributed by atoms with van der Waals surface area (Å²) < 4.78 is 43.6. The summed E-state index contributed by atoms with van der Waals surface area (Å²) in [6.45, 7) is 10.6. The average molecular weight is 332 g/mol. The third-order valence-corrected chi connectivity index (χ3v) is 4.66. The Balaban J connectivity index is 0. The van der Waals surface area contributed by atoms with E-state index < -0.39 is 20.4 Å². The van der Waals surface area contributed by atoms with E-state index in [1.165, 1.54) is 0 Å². The molecule has 0 aromatic rings. The molecule has 1 N–H and O–H groups in total. The molecule has 1 atom stereocenters. The van der Waals surface area contributed by atoms with Crippen LogP contribution in [-0.4, -0.2) is 48.7 Å². The van der Waals surface area contributed by atoms with Gasteiger partial charge in [-0.3, -0.25) is 9.46 Å². The van der Waals surface area contributed by atoms with E-state index in [1.54, 1.807) is 0 Å². The van der Waals surface area contributed by atoms with E-state index in [2.05, 4.69) is 32.4 Å². The van der Waals surface area contributed by atoms with Crippen LogP contribution < -0.4 is 5.32 Å². The zero-order valence-corrected chi connectivity index (χ0v) is 13.5. The largest absolute Gasteiger partial charge is 0.471 e. The third-order valence-electron chi connectivity index (χ3n) is 2.53. The molecule has 0 fully saturated rings. The fraction of sp³-hybridized carbons (Fsp3) is 0.923. The number of nitrogens with zero attached hydrogens (tertiary/aromatic N) is 1. The van der Waals surface area contributed by atoms with Gasteiger partial charge in [-0.1, -0.05) is 7.43 Å². The number of rotatable bonds is 8. The van der Waals surface area contributed by atoms with Crippen LogP contribution >= 0.6 is 8.30 Å². The van der Waals surface area contributed by atoms with Gasteiger partial charge in [0.25, 0.3) is 0 Å². The standard InChI is InChI=1S/C12H24F3N2O2P.CH4/c1-9(2)17(10(3)4)20(5)19-8-6-7-16-11(18)12(13,14)15;/h9-10H,6-8H2,1-5H3,(H,16,18);1H4. The molecule has 4 nitrogen and oxygen atoms in total. The topological polar surface area (TPSA) is 41.6 Å².